The number of aliphatic carboxylic acids is 1. The Hall–Kier alpha value is -2.25. The fourth-order valence-corrected chi connectivity index (χ4v) is 3.26. The molecular formula is C19H24F3NO4. The van der Waals surface area contributed by atoms with Gasteiger partial charge in [0.1, 0.15) is 0 Å². The number of aryl methyl sites for hydroxylation is 1. The number of carboxylic acid groups (broad SMARTS) is 1. The van der Waals surface area contributed by atoms with Crippen molar-refractivity contribution in [3.05, 3.63) is 29.3 Å². The van der Waals surface area contributed by atoms with Crippen LogP contribution in [0.2, 0.25) is 0 Å². The predicted molar refractivity (Wildman–Crippen MR) is 93.8 cm³/mol. The van der Waals surface area contributed by atoms with Crippen molar-refractivity contribution in [2.45, 2.75) is 64.1 Å². The summed E-state index contributed by atoms with van der Waals surface area (Å²) in [4.78, 5) is 24.5. The Kier molecular flexibility index (Phi) is 7.10. The van der Waals surface area contributed by atoms with Gasteiger partial charge in [-0.15, -0.1) is 0 Å². The van der Waals surface area contributed by atoms with Crippen LogP contribution in [0.5, 0.6) is 0 Å². The van der Waals surface area contributed by atoms with Crippen molar-refractivity contribution in [1.29, 1.82) is 0 Å². The lowest BCUT2D eigenvalue weighted by Crippen LogP contribution is -2.44. The van der Waals surface area contributed by atoms with Crippen molar-refractivity contribution in [3.8, 4) is 0 Å². The largest absolute Gasteiger partial charge is 0.481 e. The highest BCUT2D eigenvalue weighted by atomic mass is 19.4. The average molecular weight is 387 g/mol. The number of anilines is 1. The van der Waals surface area contributed by atoms with Gasteiger partial charge in [0.2, 0.25) is 0 Å². The van der Waals surface area contributed by atoms with Crippen LogP contribution in [0.25, 0.3) is 0 Å². The summed E-state index contributed by atoms with van der Waals surface area (Å²) in [6.45, 7) is 2.08. The fraction of sp³-hybridized carbons (Fsp3) is 0.579. The fourth-order valence-electron chi connectivity index (χ4n) is 3.26. The lowest BCUT2D eigenvalue weighted by atomic mass is 9.93. The quantitative estimate of drug-likeness (QED) is 0.667. The van der Waals surface area contributed by atoms with Crippen LogP contribution in [-0.4, -0.2) is 29.8 Å². The van der Waals surface area contributed by atoms with Crippen LogP contribution in [-0.2, 0) is 22.1 Å². The third-order valence-electron chi connectivity index (χ3n) is 4.71. The molecule has 2 rings (SSSR count). The summed E-state index contributed by atoms with van der Waals surface area (Å²) < 4.78 is 44.1. The summed E-state index contributed by atoms with van der Waals surface area (Å²) >= 11 is 0. The second-order valence-electron chi connectivity index (χ2n) is 6.63. The van der Waals surface area contributed by atoms with E-state index in [1.807, 2.05) is 6.92 Å². The van der Waals surface area contributed by atoms with Gasteiger partial charge in [-0.05, 0) is 62.3 Å². The van der Waals surface area contributed by atoms with Crippen molar-refractivity contribution in [2.24, 2.45) is 0 Å². The summed E-state index contributed by atoms with van der Waals surface area (Å²) in [5.74, 6) is -0.860. The Morgan fingerprint density at radius 1 is 1.26 bits per heavy atom. The van der Waals surface area contributed by atoms with Gasteiger partial charge >= 0.3 is 18.2 Å². The molecule has 0 aliphatic carbocycles. The Bertz CT molecular complexity index is 675. The second kappa shape index (κ2) is 9.10. The molecule has 1 aliphatic rings. The Labute approximate surface area is 156 Å². The van der Waals surface area contributed by atoms with Crippen molar-refractivity contribution >= 4 is 17.7 Å². The third kappa shape index (κ3) is 5.61. The summed E-state index contributed by atoms with van der Waals surface area (Å²) in [5, 5.41) is 8.59. The molecule has 1 aromatic rings. The van der Waals surface area contributed by atoms with Crippen LogP contribution in [0.1, 0.15) is 56.6 Å². The van der Waals surface area contributed by atoms with Gasteiger partial charge in [-0.1, -0.05) is 6.92 Å². The van der Waals surface area contributed by atoms with E-state index in [9.17, 15) is 22.8 Å². The number of carboxylic acids is 1. The molecule has 1 aromatic carbocycles. The van der Waals surface area contributed by atoms with Crippen molar-refractivity contribution in [3.63, 3.8) is 0 Å². The van der Waals surface area contributed by atoms with E-state index in [1.54, 1.807) is 0 Å². The SMILES string of the molecule is CCC1CCc2cc(C(F)(F)F)ccc2N1C(=O)OCCCCCC(=O)O. The summed E-state index contributed by atoms with van der Waals surface area (Å²) in [7, 11) is 0. The van der Waals surface area contributed by atoms with Crippen LogP contribution in [0.4, 0.5) is 23.7 Å². The molecule has 8 heteroatoms. The first-order chi connectivity index (χ1) is 12.7. The standard InChI is InChI=1S/C19H24F3NO4/c1-2-15-9-7-13-12-14(19(20,21)22)8-10-16(13)23(15)18(26)27-11-5-3-4-6-17(24)25/h8,10,12,15H,2-7,9,11H2,1H3,(H,24,25). The van der Waals surface area contributed by atoms with Gasteiger partial charge in [0.05, 0.1) is 17.9 Å². The lowest BCUT2D eigenvalue weighted by Gasteiger charge is -2.36. The summed E-state index contributed by atoms with van der Waals surface area (Å²) in [6, 6.07) is 3.32. The zero-order valence-electron chi connectivity index (χ0n) is 15.2. The topological polar surface area (TPSA) is 66.8 Å². The van der Waals surface area contributed by atoms with E-state index in [0.717, 1.165) is 12.1 Å². The average Bonchev–Trinajstić information content (AvgIpc) is 2.61. The number of carbonyl (C=O) groups excluding carboxylic acids is 1. The number of rotatable bonds is 7. The first-order valence-corrected chi connectivity index (χ1v) is 9.12. The van der Waals surface area contributed by atoms with Crippen LogP contribution in [0.3, 0.4) is 0 Å². The van der Waals surface area contributed by atoms with Gasteiger partial charge < -0.3 is 9.84 Å². The molecule has 5 nitrogen and oxygen atoms in total. The maximum absolute atomic E-state index is 12.9. The summed E-state index contributed by atoms with van der Waals surface area (Å²) in [5.41, 5.74) is 0.243. The molecule has 150 valence electrons. The minimum Gasteiger partial charge on any atom is -0.481 e. The Morgan fingerprint density at radius 3 is 2.63 bits per heavy atom. The highest BCUT2D eigenvalue weighted by Crippen LogP contribution is 2.37. The number of hydrogen-bond donors (Lipinski definition) is 1. The van der Waals surface area contributed by atoms with Crippen LogP contribution in [0, 0.1) is 0 Å². The zero-order valence-corrected chi connectivity index (χ0v) is 15.2. The molecule has 1 heterocycles. The van der Waals surface area contributed by atoms with E-state index in [1.165, 1.54) is 11.0 Å². The number of nitrogens with zero attached hydrogens (tertiary/aromatic N) is 1. The van der Waals surface area contributed by atoms with E-state index in [2.05, 4.69) is 0 Å². The molecule has 27 heavy (non-hydrogen) atoms. The van der Waals surface area contributed by atoms with E-state index in [4.69, 9.17) is 9.84 Å². The van der Waals surface area contributed by atoms with E-state index >= 15 is 0 Å². The van der Waals surface area contributed by atoms with E-state index in [0.29, 0.717) is 49.8 Å². The number of benzene rings is 1. The van der Waals surface area contributed by atoms with E-state index in [-0.39, 0.29) is 19.1 Å². The smallest absolute Gasteiger partial charge is 0.416 e. The monoisotopic (exact) mass is 387 g/mol. The van der Waals surface area contributed by atoms with Gasteiger partial charge in [-0.25, -0.2) is 4.79 Å². The zero-order chi connectivity index (χ0) is 20.0. The van der Waals surface area contributed by atoms with Crippen molar-refractivity contribution < 1.29 is 32.6 Å². The highest BCUT2D eigenvalue weighted by Gasteiger charge is 2.35. The maximum Gasteiger partial charge on any atom is 0.416 e. The minimum atomic E-state index is -4.42. The van der Waals surface area contributed by atoms with Crippen LogP contribution < -0.4 is 4.90 Å². The molecule has 1 aliphatic heterocycles. The van der Waals surface area contributed by atoms with Crippen molar-refractivity contribution in [2.75, 3.05) is 11.5 Å². The molecule has 1 atom stereocenters. The predicted octanol–water partition coefficient (Wildman–Crippen LogP) is 5.02. The number of alkyl halides is 3. The van der Waals surface area contributed by atoms with Gasteiger partial charge in [-0.3, -0.25) is 9.69 Å². The van der Waals surface area contributed by atoms with E-state index < -0.39 is 23.8 Å². The molecule has 0 spiro atoms. The Morgan fingerprint density at radius 2 is 2.00 bits per heavy atom. The normalized spacial score (nSPS) is 16.7. The molecule has 1 amide bonds. The Balaban J connectivity index is 2.04. The number of ether oxygens (including phenoxy) is 1. The molecule has 1 unspecified atom stereocenters. The number of carbonyl (C=O) groups is 2. The first-order valence-electron chi connectivity index (χ1n) is 9.12. The lowest BCUT2D eigenvalue weighted by molar-refractivity contribution is -0.138. The minimum absolute atomic E-state index is 0.0763. The first kappa shape index (κ1) is 21.1. The maximum atomic E-state index is 12.9. The molecule has 1 N–H and O–H groups in total. The number of unbranched alkanes of at least 4 members (excludes halogenated alkanes) is 2. The molecule has 0 bridgehead atoms. The molecule has 0 radical (unpaired) electrons. The molecule has 0 aromatic heterocycles. The molecular weight excluding hydrogens is 363 g/mol. The van der Waals surface area contributed by atoms with Crippen molar-refractivity contribution in [1.82, 2.24) is 0 Å². The van der Waals surface area contributed by atoms with Gasteiger partial charge in [-0.2, -0.15) is 13.2 Å². The number of amides is 1. The molecule has 0 saturated heterocycles. The van der Waals surface area contributed by atoms with Crippen LogP contribution >= 0.6 is 0 Å². The van der Waals surface area contributed by atoms with Gasteiger partial charge in [0.15, 0.2) is 0 Å². The summed E-state index contributed by atoms with van der Waals surface area (Å²) in [6.07, 6.45) is -1.49. The highest BCUT2D eigenvalue weighted by molar-refractivity contribution is 5.90. The van der Waals surface area contributed by atoms with Gasteiger partial charge in [0, 0.05) is 12.5 Å². The van der Waals surface area contributed by atoms with Crippen LogP contribution in [0.15, 0.2) is 18.2 Å². The second-order valence-corrected chi connectivity index (χ2v) is 6.63. The number of halogens is 3. The third-order valence-corrected chi connectivity index (χ3v) is 4.71. The molecule has 0 saturated carbocycles. The van der Waals surface area contributed by atoms with Gasteiger partial charge in [0.25, 0.3) is 0 Å². The number of fused-ring (bicyclic) bond motifs is 1. The number of hydrogen-bond acceptors (Lipinski definition) is 3. The molecule has 0 fully saturated rings.